The Balaban J connectivity index is 1.77. The van der Waals surface area contributed by atoms with Crippen LogP contribution in [-0.2, 0) is 11.2 Å². The van der Waals surface area contributed by atoms with E-state index in [9.17, 15) is 18.0 Å². The molecule has 29 heavy (non-hydrogen) atoms. The number of rotatable bonds is 8. The number of aliphatic carboxylic acids is 1. The molecule has 0 radical (unpaired) electrons. The van der Waals surface area contributed by atoms with Crippen LogP contribution in [0.5, 0.6) is 11.6 Å². The van der Waals surface area contributed by atoms with Gasteiger partial charge < -0.3 is 14.6 Å². The van der Waals surface area contributed by atoms with E-state index in [2.05, 4.69) is 4.98 Å². The number of halogens is 3. The molecule has 1 aliphatic carbocycles. The van der Waals surface area contributed by atoms with Gasteiger partial charge in [0.15, 0.2) is 23.2 Å². The first-order valence-corrected chi connectivity index (χ1v) is 9.12. The molecule has 2 aromatic rings. The standard InChI is InChI=1S/C21H20F3NO4/c1-28-21-18(24)9-14(10-25-21)15-4-2-3-13(15)11-29-20-16(22)7-12(8-17(20)23)5-6-19(26)27/h7-10H,2-6,11H2,1H3,(H,26,27). The third-order valence-electron chi connectivity index (χ3n) is 4.76. The molecule has 1 aromatic carbocycles. The van der Waals surface area contributed by atoms with E-state index in [0.29, 0.717) is 18.4 Å². The Morgan fingerprint density at radius 1 is 1.14 bits per heavy atom. The van der Waals surface area contributed by atoms with Crippen molar-refractivity contribution in [1.82, 2.24) is 4.98 Å². The normalized spacial score (nSPS) is 13.7. The highest BCUT2D eigenvalue weighted by Gasteiger charge is 2.20. The molecule has 0 saturated carbocycles. The molecule has 0 atom stereocenters. The fourth-order valence-corrected chi connectivity index (χ4v) is 3.36. The highest BCUT2D eigenvalue weighted by molar-refractivity contribution is 5.70. The number of allylic oxidation sites excluding steroid dienone is 1. The largest absolute Gasteiger partial charge is 0.483 e. The average Bonchev–Trinajstić information content (AvgIpc) is 3.14. The number of aromatic nitrogens is 1. The predicted octanol–water partition coefficient (Wildman–Crippen LogP) is 4.54. The number of pyridine rings is 1. The molecule has 1 aliphatic rings. The summed E-state index contributed by atoms with van der Waals surface area (Å²) >= 11 is 0. The van der Waals surface area contributed by atoms with Gasteiger partial charge in [0.2, 0.25) is 5.88 Å². The van der Waals surface area contributed by atoms with E-state index in [1.807, 2.05) is 0 Å². The van der Waals surface area contributed by atoms with Crippen molar-refractivity contribution in [2.45, 2.75) is 32.1 Å². The van der Waals surface area contributed by atoms with E-state index in [4.69, 9.17) is 14.6 Å². The van der Waals surface area contributed by atoms with Crippen molar-refractivity contribution in [3.63, 3.8) is 0 Å². The number of carboxylic acid groups (broad SMARTS) is 1. The third kappa shape index (κ3) is 4.88. The number of aryl methyl sites for hydroxylation is 1. The number of ether oxygens (including phenoxy) is 2. The summed E-state index contributed by atoms with van der Waals surface area (Å²) in [5, 5.41) is 8.69. The first-order valence-electron chi connectivity index (χ1n) is 9.12. The monoisotopic (exact) mass is 407 g/mol. The maximum atomic E-state index is 14.3. The van der Waals surface area contributed by atoms with Gasteiger partial charge in [-0.2, -0.15) is 0 Å². The minimum atomic E-state index is -1.05. The lowest BCUT2D eigenvalue weighted by Crippen LogP contribution is -2.06. The van der Waals surface area contributed by atoms with Crippen molar-refractivity contribution in [1.29, 1.82) is 0 Å². The zero-order valence-electron chi connectivity index (χ0n) is 15.8. The molecule has 8 heteroatoms. The summed E-state index contributed by atoms with van der Waals surface area (Å²) in [7, 11) is 1.33. The molecule has 0 spiro atoms. The van der Waals surface area contributed by atoms with Crippen molar-refractivity contribution in [3.8, 4) is 11.6 Å². The van der Waals surface area contributed by atoms with E-state index in [1.165, 1.54) is 19.4 Å². The predicted molar refractivity (Wildman–Crippen MR) is 99.3 cm³/mol. The van der Waals surface area contributed by atoms with Gasteiger partial charge in [0.1, 0.15) is 6.61 Å². The van der Waals surface area contributed by atoms with Crippen molar-refractivity contribution in [2.75, 3.05) is 13.7 Å². The van der Waals surface area contributed by atoms with Crippen LogP contribution in [0.2, 0.25) is 0 Å². The fourth-order valence-electron chi connectivity index (χ4n) is 3.36. The maximum absolute atomic E-state index is 14.3. The van der Waals surface area contributed by atoms with Gasteiger partial charge in [-0.05, 0) is 66.2 Å². The summed E-state index contributed by atoms with van der Waals surface area (Å²) in [5.41, 5.74) is 2.50. The van der Waals surface area contributed by atoms with Gasteiger partial charge in [-0.25, -0.2) is 18.2 Å². The summed E-state index contributed by atoms with van der Waals surface area (Å²) in [4.78, 5) is 14.5. The summed E-state index contributed by atoms with van der Waals surface area (Å²) in [6.45, 7) is -0.0364. The molecule has 154 valence electrons. The van der Waals surface area contributed by atoms with Crippen LogP contribution in [-0.4, -0.2) is 29.8 Å². The SMILES string of the molecule is COc1ncc(C2=C(COc3c(F)cc(CCC(=O)O)cc3F)CCC2)cc1F. The molecule has 0 unspecified atom stereocenters. The second-order valence-electron chi connectivity index (χ2n) is 6.72. The summed E-state index contributed by atoms with van der Waals surface area (Å²) < 4.78 is 52.7. The third-order valence-corrected chi connectivity index (χ3v) is 4.76. The Hall–Kier alpha value is -3.03. The van der Waals surface area contributed by atoms with Crippen LogP contribution in [0, 0.1) is 17.5 Å². The Morgan fingerprint density at radius 2 is 1.86 bits per heavy atom. The number of carbonyl (C=O) groups is 1. The molecular formula is C21H20F3NO4. The minimum absolute atomic E-state index is 0.0226. The van der Waals surface area contributed by atoms with Crippen LogP contribution < -0.4 is 9.47 Å². The molecule has 0 amide bonds. The Kier molecular flexibility index (Phi) is 6.41. The van der Waals surface area contributed by atoms with E-state index in [0.717, 1.165) is 29.7 Å². The molecule has 0 saturated heterocycles. The highest BCUT2D eigenvalue weighted by atomic mass is 19.1. The maximum Gasteiger partial charge on any atom is 0.303 e. The number of hydrogen-bond acceptors (Lipinski definition) is 4. The molecule has 1 aromatic heterocycles. The topological polar surface area (TPSA) is 68.7 Å². The summed E-state index contributed by atoms with van der Waals surface area (Å²) in [5.74, 6) is -4.01. The average molecular weight is 407 g/mol. The summed E-state index contributed by atoms with van der Waals surface area (Å²) in [6.07, 6.45) is 3.48. The van der Waals surface area contributed by atoms with Gasteiger partial charge in [-0.15, -0.1) is 0 Å². The quantitative estimate of drug-likeness (QED) is 0.696. The van der Waals surface area contributed by atoms with Gasteiger partial charge in [0.25, 0.3) is 0 Å². The minimum Gasteiger partial charge on any atom is -0.483 e. The van der Waals surface area contributed by atoms with Crippen LogP contribution in [0.25, 0.3) is 5.57 Å². The highest BCUT2D eigenvalue weighted by Crippen LogP contribution is 2.35. The molecular weight excluding hydrogens is 387 g/mol. The van der Waals surface area contributed by atoms with E-state index in [1.54, 1.807) is 0 Å². The van der Waals surface area contributed by atoms with E-state index < -0.39 is 29.2 Å². The lowest BCUT2D eigenvalue weighted by Gasteiger charge is -2.13. The molecule has 1 N–H and O–H groups in total. The van der Waals surface area contributed by atoms with Gasteiger partial charge in [-0.1, -0.05) is 0 Å². The van der Waals surface area contributed by atoms with Crippen molar-refractivity contribution in [2.24, 2.45) is 0 Å². The van der Waals surface area contributed by atoms with Crippen LogP contribution >= 0.6 is 0 Å². The number of benzene rings is 1. The number of methoxy groups -OCH3 is 1. The Labute approximate surface area is 165 Å². The van der Waals surface area contributed by atoms with Gasteiger partial charge in [0.05, 0.1) is 7.11 Å². The number of nitrogens with zero attached hydrogens (tertiary/aromatic N) is 1. The number of carboxylic acids is 1. The molecule has 1 heterocycles. The molecule has 0 aliphatic heterocycles. The molecule has 3 rings (SSSR count). The lowest BCUT2D eigenvalue weighted by atomic mass is 10.0. The van der Waals surface area contributed by atoms with Crippen LogP contribution in [0.15, 0.2) is 30.0 Å². The van der Waals surface area contributed by atoms with E-state index in [-0.39, 0.29) is 30.9 Å². The van der Waals surface area contributed by atoms with Crippen molar-refractivity contribution in [3.05, 3.63) is 58.5 Å². The first kappa shape index (κ1) is 20.7. The van der Waals surface area contributed by atoms with Crippen molar-refractivity contribution < 1.29 is 32.5 Å². The molecule has 0 bridgehead atoms. The zero-order valence-corrected chi connectivity index (χ0v) is 15.8. The Bertz CT molecular complexity index is 936. The van der Waals surface area contributed by atoms with Crippen molar-refractivity contribution >= 4 is 11.5 Å². The smallest absolute Gasteiger partial charge is 0.303 e. The van der Waals surface area contributed by atoms with Crippen LogP contribution in [0.4, 0.5) is 13.2 Å². The van der Waals surface area contributed by atoms with Crippen LogP contribution in [0.1, 0.15) is 36.8 Å². The second-order valence-corrected chi connectivity index (χ2v) is 6.72. The molecule has 5 nitrogen and oxygen atoms in total. The number of hydrogen-bond donors (Lipinski definition) is 1. The van der Waals surface area contributed by atoms with Gasteiger partial charge in [0, 0.05) is 12.6 Å². The first-order chi connectivity index (χ1) is 13.9. The Morgan fingerprint density at radius 3 is 2.48 bits per heavy atom. The second kappa shape index (κ2) is 8.98. The lowest BCUT2D eigenvalue weighted by molar-refractivity contribution is -0.136. The summed E-state index contributed by atoms with van der Waals surface area (Å²) in [6, 6.07) is 3.48. The van der Waals surface area contributed by atoms with Gasteiger partial charge >= 0.3 is 5.97 Å². The molecule has 0 fully saturated rings. The van der Waals surface area contributed by atoms with Gasteiger partial charge in [-0.3, -0.25) is 4.79 Å². The van der Waals surface area contributed by atoms with E-state index >= 15 is 0 Å². The fraction of sp³-hybridized carbons (Fsp3) is 0.333. The van der Waals surface area contributed by atoms with Crippen LogP contribution in [0.3, 0.4) is 0 Å². The zero-order chi connectivity index (χ0) is 21.0.